The van der Waals surface area contributed by atoms with Crippen LogP contribution in [-0.4, -0.2) is 5.17 Å². The molecule has 1 N–H and O–H groups in total. The zero-order valence-corrected chi connectivity index (χ0v) is 10.5. The minimum Gasteiger partial charge on any atom is -0.392 e. The summed E-state index contributed by atoms with van der Waals surface area (Å²) in [5, 5.41) is 5.94. The summed E-state index contributed by atoms with van der Waals surface area (Å²) < 4.78 is 0. The van der Waals surface area contributed by atoms with E-state index < -0.39 is 0 Å². The van der Waals surface area contributed by atoms with Gasteiger partial charge in [0.25, 0.3) is 0 Å². The van der Waals surface area contributed by atoms with E-state index in [1.165, 1.54) is 22.2 Å². The molecule has 4 heteroatoms. The Morgan fingerprint density at radius 1 is 1.00 bits per heavy atom. The van der Waals surface area contributed by atoms with E-state index in [-0.39, 0.29) is 0 Å². The van der Waals surface area contributed by atoms with Gasteiger partial charge in [0, 0.05) is 6.07 Å². The molecule has 4 rings (SSSR count). The number of hydrogen-bond donors (Lipinski definition) is 1. The molecule has 0 spiro atoms. The van der Waals surface area contributed by atoms with Crippen LogP contribution in [0.1, 0.15) is 0 Å². The summed E-state index contributed by atoms with van der Waals surface area (Å²) in [6.45, 7) is 0. The van der Waals surface area contributed by atoms with Crippen LogP contribution in [0.2, 0.25) is 0 Å². The quantitative estimate of drug-likeness (QED) is 0.719. The first-order valence-electron chi connectivity index (χ1n) is 6.28. The fourth-order valence-corrected chi connectivity index (χ4v) is 2.25. The predicted octanol–water partition coefficient (Wildman–Crippen LogP) is 3.31. The highest BCUT2D eigenvalue weighted by Gasteiger charge is 2.07. The summed E-state index contributed by atoms with van der Waals surface area (Å²) in [6, 6.07) is 19.7. The van der Waals surface area contributed by atoms with Gasteiger partial charge in [-0.25, -0.2) is 0 Å². The first-order valence-corrected chi connectivity index (χ1v) is 6.28. The Morgan fingerprint density at radius 2 is 1.85 bits per heavy atom. The Hall–Kier alpha value is -2.72. The standard InChI is InChI=1S/C16H11N2O2/c1-2-4-13-10-15-11-16(20-18-7-8-19-17-18)6-5-14(15)9-12(13)3-1/h1-10,17H. The van der Waals surface area contributed by atoms with Gasteiger partial charge >= 0.3 is 0 Å². The lowest BCUT2D eigenvalue weighted by Crippen LogP contribution is -2.30. The lowest BCUT2D eigenvalue weighted by atomic mass is 10.0. The van der Waals surface area contributed by atoms with Crippen LogP contribution in [0, 0.1) is 6.07 Å². The molecule has 4 nitrogen and oxygen atoms in total. The van der Waals surface area contributed by atoms with Gasteiger partial charge in [0.05, 0.1) is 6.20 Å². The molecule has 97 valence electrons. The number of fused-ring (bicyclic) bond motifs is 2. The third-order valence-electron chi connectivity index (χ3n) is 3.19. The highest BCUT2D eigenvalue weighted by atomic mass is 16.8. The van der Waals surface area contributed by atoms with Crippen molar-refractivity contribution in [1.82, 2.24) is 10.8 Å². The lowest BCUT2D eigenvalue weighted by molar-refractivity contribution is -0.132. The third-order valence-corrected chi connectivity index (χ3v) is 3.19. The fraction of sp³-hybridized carbons (Fsp3) is 0. The lowest BCUT2D eigenvalue weighted by Gasteiger charge is -2.14. The molecule has 1 aliphatic heterocycles. The van der Waals surface area contributed by atoms with Gasteiger partial charge in [-0.05, 0) is 45.3 Å². The molecule has 0 unspecified atom stereocenters. The van der Waals surface area contributed by atoms with Crippen LogP contribution < -0.4 is 10.4 Å². The maximum Gasteiger partial charge on any atom is 0.166 e. The molecule has 0 aromatic heterocycles. The molecule has 0 bridgehead atoms. The van der Waals surface area contributed by atoms with Crippen molar-refractivity contribution in [3.8, 4) is 5.75 Å². The molecule has 1 heterocycles. The first-order chi connectivity index (χ1) is 9.88. The number of hydrogen-bond acceptors (Lipinski definition) is 4. The van der Waals surface area contributed by atoms with E-state index in [1.807, 2.05) is 24.3 Å². The predicted molar refractivity (Wildman–Crippen MR) is 76.1 cm³/mol. The molecule has 0 amide bonds. The van der Waals surface area contributed by atoms with Crippen molar-refractivity contribution < 1.29 is 9.68 Å². The molecule has 1 aliphatic rings. The summed E-state index contributed by atoms with van der Waals surface area (Å²) >= 11 is 0. The van der Waals surface area contributed by atoms with Crippen molar-refractivity contribution >= 4 is 21.5 Å². The van der Waals surface area contributed by atoms with Gasteiger partial charge in [0.1, 0.15) is 6.26 Å². The second kappa shape index (κ2) is 4.43. The minimum absolute atomic E-state index is 0.621. The largest absolute Gasteiger partial charge is 0.392 e. The van der Waals surface area contributed by atoms with Gasteiger partial charge in [-0.2, -0.15) is 0 Å². The second-order valence-corrected chi connectivity index (χ2v) is 4.52. The maximum atomic E-state index is 5.55. The number of hydroxylamine groups is 1. The Morgan fingerprint density at radius 3 is 2.65 bits per heavy atom. The monoisotopic (exact) mass is 263 g/mol. The molecule has 3 aromatic rings. The van der Waals surface area contributed by atoms with Crippen molar-refractivity contribution in [3.63, 3.8) is 0 Å². The van der Waals surface area contributed by atoms with Gasteiger partial charge in [0.15, 0.2) is 5.75 Å². The molecular weight excluding hydrogens is 252 g/mol. The molecule has 1 radical (unpaired) electrons. The molecular formula is C16H11N2O2. The zero-order chi connectivity index (χ0) is 13.4. The Labute approximate surface area is 115 Å². The number of nitrogens with zero attached hydrogens (tertiary/aromatic N) is 1. The summed E-state index contributed by atoms with van der Waals surface area (Å²) in [5.41, 5.74) is 2.56. The highest BCUT2D eigenvalue weighted by Crippen LogP contribution is 2.26. The van der Waals surface area contributed by atoms with Crippen LogP contribution in [0.5, 0.6) is 5.75 Å². The average molecular weight is 263 g/mol. The van der Waals surface area contributed by atoms with Crippen LogP contribution in [0.25, 0.3) is 21.5 Å². The number of rotatable bonds is 2. The van der Waals surface area contributed by atoms with Crippen molar-refractivity contribution in [3.05, 3.63) is 67.1 Å². The van der Waals surface area contributed by atoms with E-state index in [2.05, 4.69) is 35.9 Å². The van der Waals surface area contributed by atoms with Crippen LogP contribution in [0.4, 0.5) is 0 Å². The van der Waals surface area contributed by atoms with Crippen LogP contribution in [0.3, 0.4) is 0 Å². The van der Waals surface area contributed by atoms with E-state index in [9.17, 15) is 0 Å². The maximum absolute atomic E-state index is 5.55. The fourth-order valence-electron chi connectivity index (χ4n) is 2.25. The molecule has 0 saturated carbocycles. The Bertz CT molecular complexity index is 814. The summed E-state index contributed by atoms with van der Waals surface area (Å²) in [4.78, 5) is 10.4. The molecule has 0 fully saturated rings. The smallest absolute Gasteiger partial charge is 0.166 e. The number of nitrogens with one attached hydrogen (secondary N) is 1. The zero-order valence-electron chi connectivity index (χ0n) is 10.5. The third kappa shape index (κ3) is 1.92. The van der Waals surface area contributed by atoms with E-state index in [1.54, 1.807) is 6.20 Å². The van der Waals surface area contributed by atoms with Crippen molar-refractivity contribution in [2.75, 3.05) is 0 Å². The average Bonchev–Trinajstić information content (AvgIpc) is 2.98. The Balaban J connectivity index is 1.77. The van der Waals surface area contributed by atoms with E-state index in [4.69, 9.17) is 9.68 Å². The highest BCUT2D eigenvalue weighted by molar-refractivity contribution is 5.98. The first kappa shape index (κ1) is 11.1. The Kier molecular flexibility index (Phi) is 2.47. The van der Waals surface area contributed by atoms with E-state index >= 15 is 0 Å². The van der Waals surface area contributed by atoms with Gasteiger partial charge < -0.3 is 9.68 Å². The molecule has 0 atom stereocenters. The van der Waals surface area contributed by atoms with E-state index in [0.29, 0.717) is 5.75 Å². The molecule has 3 aromatic carbocycles. The summed E-state index contributed by atoms with van der Waals surface area (Å²) in [7, 11) is 0. The summed E-state index contributed by atoms with van der Waals surface area (Å²) in [5.74, 6) is 0.621. The minimum atomic E-state index is 0.621. The van der Waals surface area contributed by atoms with Crippen molar-refractivity contribution in [1.29, 1.82) is 0 Å². The van der Waals surface area contributed by atoms with Gasteiger partial charge in [-0.3, -0.25) is 0 Å². The van der Waals surface area contributed by atoms with Gasteiger partial charge in [0.2, 0.25) is 0 Å². The van der Waals surface area contributed by atoms with E-state index in [0.717, 1.165) is 10.8 Å². The van der Waals surface area contributed by atoms with Crippen molar-refractivity contribution in [2.24, 2.45) is 0 Å². The topological polar surface area (TPSA) is 33.7 Å². The SMILES string of the molecule is [c]1c(ON2C=CON2)ccc2cc3ccccc3cc12. The molecule has 0 saturated heterocycles. The van der Waals surface area contributed by atoms with Crippen molar-refractivity contribution in [2.45, 2.75) is 0 Å². The second-order valence-electron chi connectivity index (χ2n) is 4.52. The van der Waals surface area contributed by atoms with Gasteiger partial charge in [-0.1, -0.05) is 30.3 Å². The van der Waals surface area contributed by atoms with Crippen LogP contribution >= 0.6 is 0 Å². The molecule has 0 aliphatic carbocycles. The van der Waals surface area contributed by atoms with Crippen LogP contribution in [-0.2, 0) is 4.84 Å². The normalized spacial score (nSPS) is 13.9. The number of hydrazine groups is 1. The van der Waals surface area contributed by atoms with Crippen LogP contribution in [0.15, 0.2) is 61.0 Å². The number of benzene rings is 3. The molecule has 20 heavy (non-hydrogen) atoms. The summed E-state index contributed by atoms with van der Waals surface area (Å²) in [6.07, 6.45) is 3.13. The van der Waals surface area contributed by atoms with Gasteiger partial charge in [-0.15, -0.1) is 5.17 Å².